The van der Waals surface area contributed by atoms with Gasteiger partial charge in [-0.1, -0.05) is 6.58 Å². The quantitative estimate of drug-likeness (QED) is 0.307. The van der Waals surface area contributed by atoms with Gasteiger partial charge in [-0.05, 0) is 48.9 Å². The Bertz CT molecular complexity index is 1470. The molecule has 2 aromatic carbocycles. The molecular formula is C29H30N4O5. The fourth-order valence-electron chi connectivity index (χ4n) is 4.59. The second-order valence-electron chi connectivity index (χ2n) is 9.12. The number of nitrogens with one attached hydrogen (secondary N) is 1. The van der Waals surface area contributed by atoms with Crippen LogP contribution >= 0.6 is 0 Å². The Morgan fingerprint density at radius 3 is 2.55 bits per heavy atom. The number of fused-ring (bicyclic) bond motifs is 1. The lowest BCUT2D eigenvalue weighted by molar-refractivity contribution is -0.127. The number of amides is 1. The molecule has 1 amide bonds. The van der Waals surface area contributed by atoms with E-state index in [1.165, 1.54) is 12.4 Å². The van der Waals surface area contributed by atoms with Gasteiger partial charge in [0.2, 0.25) is 5.91 Å². The maximum Gasteiger partial charge on any atom is 0.245 e. The van der Waals surface area contributed by atoms with Gasteiger partial charge in [0, 0.05) is 42.9 Å². The van der Waals surface area contributed by atoms with Crippen LogP contribution in [-0.2, 0) is 4.79 Å². The van der Waals surface area contributed by atoms with Gasteiger partial charge in [0.1, 0.15) is 29.8 Å². The zero-order valence-corrected chi connectivity index (χ0v) is 21.7. The number of furan rings is 1. The monoisotopic (exact) mass is 514 g/mol. The van der Waals surface area contributed by atoms with Crippen LogP contribution in [0.15, 0.2) is 66.1 Å². The third kappa shape index (κ3) is 5.13. The van der Waals surface area contributed by atoms with E-state index in [4.69, 9.17) is 18.6 Å². The predicted octanol–water partition coefficient (Wildman–Crippen LogP) is 5.51. The van der Waals surface area contributed by atoms with Gasteiger partial charge in [0.05, 0.1) is 31.7 Å². The molecule has 0 bridgehead atoms. The third-order valence-corrected chi connectivity index (χ3v) is 6.61. The van der Waals surface area contributed by atoms with E-state index in [1.54, 1.807) is 25.4 Å². The van der Waals surface area contributed by atoms with Crippen LogP contribution in [0.25, 0.3) is 22.2 Å². The molecule has 0 unspecified atom stereocenters. The average molecular weight is 515 g/mol. The predicted molar refractivity (Wildman–Crippen MR) is 145 cm³/mol. The van der Waals surface area contributed by atoms with Gasteiger partial charge in [-0.3, -0.25) is 4.79 Å². The van der Waals surface area contributed by atoms with Crippen LogP contribution in [-0.4, -0.2) is 54.2 Å². The summed E-state index contributed by atoms with van der Waals surface area (Å²) in [5, 5.41) is 4.18. The number of piperidine rings is 1. The minimum atomic E-state index is -0.0544. The normalized spacial score (nSPS) is 13.8. The van der Waals surface area contributed by atoms with Crippen LogP contribution in [0.1, 0.15) is 18.4 Å². The lowest BCUT2D eigenvalue weighted by Crippen LogP contribution is -2.41. The van der Waals surface area contributed by atoms with Gasteiger partial charge < -0.3 is 28.8 Å². The van der Waals surface area contributed by atoms with E-state index in [2.05, 4.69) is 21.9 Å². The van der Waals surface area contributed by atoms with Crippen LogP contribution in [0.4, 0.5) is 11.5 Å². The second-order valence-corrected chi connectivity index (χ2v) is 9.12. The fraction of sp³-hybridized carbons (Fsp3) is 0.276. The smallest absolute Gasteiger partial charge is 0.245 e. The first-order valence-electron chi connectivity index (χ1n) is 12.4. The Labute approximate surface area is 221 Å². The van der Waals surface area contributed by atoms with Crippen LogP contribution in [0, 0.1) is 6.92 Å². The maximum absolute atomic E-state index is 11.9. The highest BCUT2D eigenvalue weighted by Crippen LogP contribution is 2.38. The highest BCUT2D eigenvalue weighted by atomic mass is 16.5. The summed E-state index contributed by atoms with van der Waals surface area (Å²) in [6, 6.07) is 11.5. The van der Waals surface area contributed by atoms with E-state index in [0.717, 1.165) is 28.0 Å². The molecule has 1 aliphatic rings. The Morgan fingerprint density at radius 1 is 1.08 bits per heavy atom. The number of hydrogen-bond acceptors (Lipinski definition) is 8. The van der Waals surface area contributed by atoms with Crippen molar-refractivity contribution in [2.45, 2.75) is 25.9 Å². The zero-order valence-electron chi connectivity index (χ0n) is 21.7. The van der Waals surface area contributed by atoms with Crippen molar-refractivity contribution in [3.8, 4) is 28.6 Å². The number of aryl methyl sites for hydroxylation is 1. The molecule has 2 aromatic heterocycles. The molecule has 1 saturated heterocycles. The minimum Gasteiger partial charge on any atom is -0.495 e. The van der Waals surface area contributed by atoms with Crippen LogP contribution in [0.3, 0.4) is 0 Å². The van der Waals surface area contributed by atoms with E-state index >= 15 is 0 Å². The first-order valence-corrected chi connectivity index (χ1v) is 12.4. The number of nitrogens with zero attached hydrogens (tertiary/aromatic N) is 3. The van der Waals surface area contributed by atoms with Gasteiger partial charge in [-0.25, -0.2) is 9.97 Å². The Kier molecular flexibility index (Phi) is 7.17. The summed E-state index contributed by atoms with van der Waals surface area (Å²) >= 11 is 0. The van der Waals surface area contributed by atoms with Crippen molar-refractivity contribution in [2.75, 3.05) is 32.6 Å². The van der Waals surface area contributed by atoms with Crippen molar-refractivity contribution in [3.05, 3.63) is 67.2 Å². The molecule has 0 aliphatic carbocycles. The minimum absolute atomic E-state index is 0.0511. The largest absolute Gasteiger partial charge is 0.495 e. The molecule has 0 saturated carbocycles. The number of aromatic nitrogens is 2. The number of methoxy groups -OCH3 is 2. The van der Waals surface area contributed by atoms with Gasteiger partial charge in [0.25, 0.3) is 0 Å². The van der Waals surface area contributed by atoms with E-state index in [-0.39, 0.29) is 12.0 Å². The third-order valence-electron chi connectivity index (χ3n) is 6.61. The van der Waals surface area contributed by atoms with Crippen molar-refractivity contribution >= 4 is 28.3 Å². The molecule has 0 spiro atoms. The lowest BCUT2D eigenvalue weighted by Gasteiger charge is -2.31. The summed E-state index contributed by atoms with van der Waals surface area (Å²) in [5.74, 6) is 3.15. The van der Waals surface area contributed by atoms with Gasteiger partial charge >= 0.3 is 0 Å². The Morgan fingerprint density at radius 2 is 1.87 bits per heavy atom. The van der Waals surface area contributed by atoms with Gasteiger partial charge in [0.15, 0.2) is 11.5 Å². The highest BCUT2D eigenvalue weighted by molar-refractivity contribution is 5.93. The summed E-state index contributed by atoms with van der Waals surface area (Å²) in [5.41, 5.74) is 3.39. The van der Waals surface area contributed by atoms with Gasteiger partial charge in [-0.15, -0.1) is 0 Å². The SMILES string of the molecule is C=CC(=O)N1CCC(Oc2cc3c(Nc4cc(-c5cc(C)co5)ccc4OC)ncnc3cc2OC)CC1. The summed E-state index contributed by atoms with van der Waals surface area (Å²) < 4.78 is 23.3. The van der Waals surface area contributed by atoms with E-state index < -0.39 is 0 Å². The molecule has 4 aromatic rings. The molecule has 5 rings (SSSR count). The Balaban J connectivity index is 1.45. The molecule has 3 heterocycles. The zero-order chi connectivity index (χ0) is 26.6. The molecule has 196 valence electrons. The van der Waals surface area contributed by atoms with E-state index in [9.17, 15) is 4.79 Å². The maximum atomic E-state index is 11.9. The van der Waals surface area contributed by atoms with Crippen LogP contribution in [0.2, 0.25) is 0 Å². The molecule has 1 aliphatic heterocycles. The Hall–Kier alpha value is -4.53. The topological polar surface area (TPSA) is 99.0 Å². The molecule has 9 heteroatoms. The first kappa shape index (κ1) is 25.1. The average Bonchev–Trinajstić information content (AvgIpc) is 3.39. The van der Waals surface area contributed by atoms with Gasteiger partial charge in [-0.2, -0.15) is 0 Å². The number of hydrogen-bond donors (Lipinski definition) is 1. The van der Waals surface area contributed by atoms with E-state index in [0.29, 0.717) is 54.5 Å². The molecule has 1 N–H and O–H groups in total. The van der Waals surface area contributed by atoms with Crippen molar-refractivity contribution < 1.29 is 23.4 Å². The van der Waals surface area contributed by atoms with Crippen molar-refractivity contribution in [1.29, 1.82) is 0 Å². The summed E-state index contributed by atoms with van der Waals surface area (Å²) in [6.07, 6.45) is 5.96. The summed E-state index contributed by atoms with van der Waals surface area (Å²) in [4.78, 5) is 22.7. The standard InChI is InChI=1S/C29H30N4O5/c1-5-28(34)33-10-8-20(9-11-33)38-27-14-21-22(15-26(27)36-4)30-17-31-29(21)32-23-13-19(6-7-24(23)35-3)25-12-18(2)16-37-25/h5-7,12-17,20H,1,8-11H2,2-4H3,(H,30,31,32). The number of rotatable bonds is 8. The fourth-order valence-corrected chi connectivity index (χ4v) is 4.59. The molecular weight excluding hydrogens is 484 g/mol. The molecule has 9 nitrogen and oxygen atoms in total. The number of anilines is 2. The second kappa shape index (κ2) is 10.8. The number of carbonyl (C=O) groups is 1. The highest BCUT2D eigenvalue weighted by Gasteiger charge is 2.24. The lowest BCUT2D eigenvalue weighted by atomic mass is 10.1. The molecule has 38 heavy (non-hydrogen) atoms. The first-order chi connectivity index (χ1) is 18.5. The van der Waals surface area contributed by atoms with Crippen LogP contribution in [0.5, 0.6) is 17.2 Å². The summed E-state index contributed by atoms with van der Waals surface area (Å²) in [6.45, 7) is 6.80. The number of carbonyl (C=O) groups excluding carboxylic acids is 1. The number of likely N-dealkylation sites (tertiary alicyclic amines) is 1. The number of benzene rings is 2. The molecule has 1 fully saturated rings. The number of ether oxygens (including phenoxy) is 3. The summed E-state index contributed by atoms with van der Waals surface area (Å²) in [7, 11) is 3.23. The van der Waals surface area contributed by atoms with Crippen molar-refractivity contribution in [3.63, 3.8) is 0 Å². The van der Waals surface area contributed by atoms with Crippen molar-refractivity contribution in [2.24, 2.45) is 0 Å². The molecule has 0 atom stereocenters. The molecule has 0 radical (unpaired) electrons. The van der Waals surface area contributed by atoms with Crippen LogP contribution < -0.4 is 19.5 Å². The van der Waals surface area contributed by atoms with E-state index in [1.807, 2.05) is 43.3 Å². The van der Waals surface area contributed by atoms with Crippen molar-refractivity contribution in [1.82, 2.24) is 14.9 Å².